The molecule has 4 aliphatic rings. The molecule has 1 atom stereocenters. The van der Waals surface area contributed by atoms with E-state index in [9.17, 15) is 4.79 Å². The molecule has 0 spiro atoms. The zero-order valence-electron chi connectivity index (χ0n) is 40.5. The van der Waals surface area contributed by atoms with Crippen molar-refractivity contribution >= 4 is 50.9 Å². The minimum absolute atomic E-state index is 0.0104. The summed E-state index contributed by atoms with van der Waals surface area (Å²) in [7, 11) is 7.03. The Morgan fingerprint density at radius 1 is 0.700 bits per heavy atom. The summed E-state index contributed by atoms with van der Waals surface area (Å²) in [4.78, 5) is 49.9. The first-order valence-electron chi connectivity index (χ1n) is 24.6. The van der Waals surface area contributed by atoms with Gasteiger partial charge in [-0.2, -0.15) is 0 Å². The van der Waals surface area contributed by atoms with Gasteiger partial charge in [-0.05, 0) is 89.7 Å². The maximum absolute atomic E-state index is 12.2. The molecule has 4 fully saturated rings. The Bertz CT molecular complexity index is 2740. The summed E-state index contributed by atoms with van der Waals surface area (Å²) < 4.78 is 36.6. The standard InChI is InChI=1S/C52H63N11O7/c1-60(2)31-36-26-48(58-33-57-36)63(37-8-12-41(13-9-37)70-46-29-38(61-19-22-67-23-20-61)27-43-50(46)55-17-15-53-43)49-32-62(21-24-68-49)39-28-44-51(56-18-16-54-44)47(30-39)69-40-10-5-34(6-11-40)59-35-7-14-42(52(64)66-4)45(25-35)65-3/h7,14-18,25-30,33-34,37,40-41,49,59H,5-6,8-13,19-24,31-32H2,1-4H3. The van der Waals surface area contributed by atoms with Gasteiger partial charge in [0.15, 0.2) is 0 Å². The van der Waals surface area contributed by atoms with Crippen LogP contribution >= 0.6 is 0 Å². The lowest BCUT2D eigenvalue weighted by Gasteiger charge is -2.45. The van der Waals surface area contributed by atoms with Crippen molar-refractivity contribution in [2.24, 2.45) is 0 Å². The van der Waals surface area contributed by atoms with Crippen molar-refractivity contribution in [1.29, 1.82) is 0 Å². The highest BCUT2D eigenvalue weighted by atomic mass is 16.5. The number of fused-ring (bicyclic) bond motifs is 2. The van der Waals surface area contributed by atoms with Crippen LogP contribution in [-0.2, 0) is 20.8 Å². The third-order valence-electron chi connectivity index (χ3n) is 13.9. The molecular formula is C52H63N11O7. The Morgan fingerprint density at radius 3 is 1.97 bits per heavy atom. The van der Waals surface area contributed by atoms with Gasteiger partial charge in [-0.1, -0.05) is 0 Å². The van der Waals surface area contributed by atoms with Crippen molar-refractivity contribution in [3.63, 3.8) is 0 Å². The fourth-order valence-electron chi connectivity index (χ4n) is 10.4. The van der Waals surface area contributed by atoms with Crippen LogP contribution in [0, 0.1) is 0 Å². The highest BCUT2D eigenvalue weighted by molar-refractivity contribution is 5.93. The van der Waals surface area contributed by atoms with Crippen LogP contribution in [0.4, 0.5) is 22.9 Å². The van der Waals surface area contributed by atoms with Crippen LogP contribution in [0.25, 0.3) is 22.1 Å². The molecular weight excluding hydrogens is 891 g/mol. The molecule has 2 saturated carbocycles. The van der Waals surface area contributed by atoms with E-state index in [1.165, 1.54) is 7.11 Å². The summed E-state index contributed by atoms with van der Waals surface area (Å²) in [5.74, 6) is 2.42. The molecule has 1 N–H and O–H groups in total. The number of carbonyl (C=O) groups excluding carboxylic acids is 1. The van der Waals surface area contributed by atoms with E-state index in [0.29, 0.717) is 50.8 Å². The Morgan fingerprint density at radius 2 is 1.33 bits per heavy atom. The minimum atomic E-state index is -0.428. The number of benzene rings is 3. The summed E-state index contributed by atoms with van der Waals surface area (Å²) in [6.45, 7) is 5.59. The van der Waals surface area contributed by atoms with Crippen LogP contribution in [0.5, 0.6) is 17.2 Å². The number of aromatic nitrogens is 6. The summed E-state index contributed by atoms with van der Waals surface area (Å²) in [6, 6.07) is 16.5. The van der Waals surface area contributed by atoms with E-state index >= 15 is 0 Å². The number of anilines is 4. The highest BCUT2D eigenvalue weighted by Gasteiger charge is 2.36. The Kier molecular flexibility index (Phi) is 14.5. The second-order valence-electron chi connectivity index (χ2n) is 18.8. The van der Waals surface area contributed by atoms with E-state index in [4.69, 9.17) is 48.4 Å². The third kappa shape index (κ3) is 10.7. The van der Waals surface area contributed by atoms with Crippen molar-refractivity contribution < 1.29 is 33.2 Å². The second-order valence-corrected chi connectivity index (χ2v) is 18.8. The van der Waals surface area contributed by atoms with Crippen LogP contribution < -0.4 is 34.2 Å². The number of esters is 1. The van der Waals surface area contributed by atoms with E-state index < -0.39 is 5.97 Å². The number of nitrogens with zero attached hydrogens (tertiary/aromatic N) is 10. The number of ether oxygens (including phenoxy) is 6. The van der Waals surface area contributed by atoms with Crippen LogP contribution in [-0.4, -0.2) is 146 Å². The highest BCUT2D eigenvalue weighted by Crippen LogP contribution is 2.38. The molecule has 70 heavy (non-hydrogen) atoms. The van der Waals surface area contributed by atoms with E-state index in [2.05, 4.69) is 79.3 Å². The Balaban J connectivity index is 0.845. The van der Waals surface area contributed by atoms with Gasteiger partial charge in [-0.15, -0.1) is 0 Å². The zero-order valence-corrected chi connectivity index (χ0v) is 40.5. The van der Waals surface area contributed by atoms with Crippen molar-refractivity contribution in [2.75, 3.05) is 94.3 Å². The number of hydrogen-bond acceptors (Lipinski definition) is 18. The van der Waals surface area contributed by atoms with E-state index in [0.717, 1.165) is 127 Å². The fourth-order valence-corrected chi connectivity index (χ4v) is 10.4. The van der Waals surface area contributed by atoms with Crippen LogP contribution in [0.3, 0.4) is 0 Å². The number of rotatable bonds is 15. The first-order chi connectivity index (χ1) is 34.3. The molecule has 18 nitrogen and oxygen atoms in total. The van der Waals surface area contributed by atoms with Crippen molar-refractivity contribution in [1.82, 2.24) is 34.8 Å². The Labute approximate surface area is 408 Å². The molecule has 1 unspecified atom stereocenters. The summed E-state index contributed by atoms with van der Waals surface area (Å²) in [5, 5.41) is 3.64. The molecule has 0 bridgehead atoms. The molecule has 0 radical (unpaired) electrons. The van der Waals surface area contributed by atoms with Crippen molar-refractivity contribution in [3.05, 3.63) is 90.9 Å². The molecule has 2 aliphatic heterocycles. The lowest BCUT2D eigenvalue weighted by molar-refractivity contribution is 0.0263. The van der Waals surface area contributed by atoms with Crippen LogP contribution in [0.2, 0.25) is 0 Å². The topological polar surface area (TPSA) is 175 Å². The largest absolute Gasteiger partial charge is 0.496 e. The summed E-state index contributed by atoms with van der Waals surface area (Å²) >= 11 is 0. The zero-order chi connectivity index (χ0) is 48.0. The molecule has 2 saturated heterocycles. The number of morpholine rings is 2. The number of carbonyl (C=O) groups is 1. The van der Waals surface area contributed by atoms with Crippen LogP contribution in [0.15, 0.2) is 79.6 Å². The van der Waals surface area contributed by atoms with Gasteiger partial charge in [-0.25, -0.2) is 24.7 Å². The minimum Gasteiger partial charge on any atom is -0.496 e. The molecule has 18 heteroatoms. The molecule has 3 aromatic heterocycles. The van der Waals surface area contributed by atoms with Gasteiger partial charge in [0.2, 0.25) is 0 Å². The van der Waals surface area contributed by atoms with E-state index in [1.54, 1.807) is 44.3 Å². The lowest BCUT2D eigenvalue weighted by Crippen LogP contribution is -2.56. The molecule has 5 heterocycles. The number of methoxy groups -OCH3 is 2. The van der Waals surface area contributed by atoms with Crippen LogP contribution in [0.1, 0.15) is 67.4 Å². The maximum Gasteiger partial charge on any atom is 0.341 e. The normalized spacial score (nSPS) is 21.9. The van der Waals surface area contributed by atoms with Crippen molar-refractivity contribution in [3.8, 4) is 17.2 Å². The van der Waals surface area contributed by atoms with E-state index in [-0.39, 0.29) is 30.5 Å². The van der Waals surface area contributed by atoms with Gasteiger partial charge in [0, 0.05) is 104 Å². The molecule has 6 aromatic rings. The van der Waals surface area contributed by atoms with Gasteiger partial charge in [0.1, 0.15) is 52.2 Å². The lowest BCUT2D eigenvalue weighted by atomic mass is 9.91. The molecule has 3 aromatic carbocycles. The molecule has 0 amide bonds. The Hall–Kier alpha value is -6.63. The van der Waals surface area contributed by atoms with Gasteiger partial charge < -0.3 is 53.3 Å². The third-order valence-corrected chi connectivity index (χ3v) is 13.9. The molecule has 368 valence electrons. The smallest absolute Gasteiger partial charge is 0.341 e. The quantitative estimate of drug-likeness (QED) is 0.105. The predicted molar refractivity (Wildman–Crippen MR) is 267 cm³/mol. The first kappa shape index (κ1) is 47.1. The average molecular weight is 954 g/mol. The predicted octanol–water partition coefficient (Wildman–Crippen LogP) is 6.92. The second kappa shape index (κ2) is 21.6. The van der Waals surface area contributed by atoms with E-state index in [1.807, 2.05) is 12.1 Å². The average Bonchev–Trinajstić information content (AvgIpc) is 3.39. The monoisotopic (exact) mass is 953 g/mol. The SMILES string of the molecule is COC(=O)c1ccc(NC2CCC(Oc3cc(N4CCOC(N(c5cc(CN(C)C)ncn5)C5CCC(Oc6cc(N7CCOCC7)cc7nccnc67)CC5)C4)cc4nccnc34)CC2)cc1OC. The maximum atomic E-state index is 12.2. The number of hydrogen-bond donors (Lipinski definition) is 1. The first-order valence-corrected chi connectivity index (χ1v) is 24.6. The number of nitrogens with one attached hydrogen (secondary N) is 1. The summed E-state index contributed by atoms with van der Waals surface area (Å²) in [5.41, 5.74) is 7.48. The molecule has 10 rings (SSSR count). The van der Waals surface area contributed by atoms with Gasteiger partial charge in [0.05, 0.1) is 69.5 Å². The van der Waals surface area contributed by atoms with Gasteiger partial charge in [-0.3, -0.25) is 9.97 Å². The fraction of sp³-hybridized carbons (Fsp3) is 0.481. The summed E-state index contributed by atoms with van der Waals surface area (Å²) in [6.07, 6.45) is 15.4. The van der Waals surface area contributed by atoms with Gasteiger partial charge >= 0.3 is 5.97 Å². The van der Waals surface area contributed by atoms with Gasteiger partial charge in [0.25, 0.3) is 0 Å². The molecule has 2 aliphatic carbocycles. The van der Waals surface area contributed by atoms with Crippen molar-refractivity contribution in [2.45, 2.75) is 88.4 Å².